The molecule has 0 aromatic heterocycles. The van der Waals surface area contributed by atoms with Gasteiger partial charge in [0.25, 0.3) is 0 Å². The highest BCUT2D eigenvalue weighted by Gasteiger charge is 2.00. The van der Waals surface area contributed by atoms with Crippen LogP contribution in [0.5, 0.6) is 0 Å². The Bertz CT molecular complexity index is 117. The molecule has 0 saturated carbocycles. The van der Waals surface area contributed by atoms with Crippen LogP contribution in [0.2, 0.25) is 0 Å². The minimum Gasteiger partial charge on any atom is -0.370 e. The molecule has 0 radical (unpaired) electrons. The summed E-state index contributed by atoms with van der Waals surface area (Å²) in [6.07, 6.45) is 0. The maximum absolute atomic E-state index is 9.22. The molecule has 0 aliphatic carbocycles. The maximum atomic E-state index is 9.22. The fourth-order valence-electron chi connectivity index (χ4n) is 0. The SMILES string of the molecule is C.CC(N)=O.O=P(O)(O)O. The van der Waals surface area contributed by atoms with Crippen molar-refractivity contribution in [2.24, 2.45) is 5.73 Å². The van der Waals surface area contributed by atoms with E-state index in [9.17, 15) is 4.79 Å². The van der Waals surface area contributed by atoms with Gasteiger partial charge in [-0.25, -0.2) is 4.57 Å². The van der Waals surface area contributed by atoms with Crippen LogP contribution in [0.1, 0.15) is 14.4 Å². The first-order valence-electron chi connectivity index (χ1n) is 1.78. The second-order valence-electron chi connectivity index (χ2n) is 1.12. The summed E-state index contributed by atoms with van der Waals surface area (Å²) in [5.41, 5.74) is 4.47. The monoisotopic (exact) mass is 173 g/mol. The molecule has 0 atom stereocenters. The van der Waals surface area contributed by atoms with Crippen LogP contribution >= 0.6 is 7.82 Å². The summed E-state index contributed by atoms with van der Waals surface area (Å²) in [5, 5.41) is 0. The fourth-order valence-corrected chi connectivity index (χ4v) is 0. The van der Waals surface area contributed by atoms with Gasteiger partial charge in [-0.05, 0) is 0 Å². The van der Waals surface area contributed by atoms with Gasteiger partial charge in [0.05, 0.1) is 0 Å². The minimum absolute atomic E-state index is 0. The van der Waals surface area contributed by atoms with Gasteiger partial charge in [0.2, 0.25) is 5.91 Å². The van der Waals surface area contributed by atoms with Gasteiger partial charge in [-0.15, -0.1) is 0 Å². The quantitative estimate of drug-likeness (QED) is 0.357. The Balaban J connectivity index is -0.0000000910. The van der Waals surface area contributed by atoms with Gasteiger partial charge in [-0.3, -0.25) is 4.79 Å². The first-order valence-corrected chi connectivity index (χ1v) is 3.34. The topological polar surface area (TPSA) is 121 Å². The molecule has 5 N–H and O–H groups in total. The molecule has 1 amide bonds. The number of hydrogen-bond donors (Lipinski definition) is 4. The molecule has 0 aliphatic rings. The number of phosphoric acid groups is 1. The van der Waals surface area contributed by atoms with E-state index in [-0.39, 0.29) is 13.3 Å². The zero-order chi connectivity index (χ0) is 8.08. The average molecular weight is 173 g/mol. The third kappa shape index (κ3) is 1860. The summed E-state index contributed by atoms with van der Waals surface area (Å²) >= 11 is 0. The second-order valence-corrected chi connectivity index (χ2v) is 2.15. The van der Waals surface area contributed by atoms with E-state index in [1.165, 1.54) is 6.92 Å². The lowest BCUT2D eigenvalue weighted by molar-refractivity contribution is -0.115. The Morgan fingerprint density at radius 2 is 1.40 bits per heavy atom. The van der Waals surface area contributed by atoms with E-state index in [1.54, 1.807) is 0 Å². The molecular weight excluding hydrogens is 161 g/mol. The molecule has 0 spiro atoms. The summed E-state index contributed by atoms with van der Waals surface area (Å²) in [6, 6.07) is 0. The van der Waals surface area contributed by atoms with Gasteiger partial charge >= 0.3 is 7.82 Å². The summed E-state index contributed by atoms with van der Waals surface area (Å²) in [4.78, 5) is 30.8. The molecule has 0 heterocycles. The summed E-state index contributed by atoms with van der Waals surface area (Å²) in [7, 11) is -4.64. The number of rotatable bonds is 0. The predicted molar refractivity (Wildman–Crippen MR) is 35.9 cm³/mol. The van der Waals surface area contributed by atoms with Crippen molar-refractivity contribution in [1.82, 2.24) is 0 Å². The Kier molecular flexibility index (Phi) is 10.9. The molecule has 0 bridgehead atoms. The molecule has 6 nitrogen and oxygen atoms in total. The second kappa shape index (κ2) is 6.70. The minimum atomic E-state index is -4.64. The van der Waals surface area contributed by atoms with Crippen LogP contribution in [0.4, 0.5) is 0 Å². The molecule has 0 aliphatic heterocycles. The Morgan fingerprint density at radius 3 is 1.40 bits per heavy atom. The largest absolute Gasteiger partial charge is 0.466 e. The van der Waals surface area contributed by atoms with Crippen molar-refractivity contribution in [2.45, 2.75) is 14.4 Å². The van der Waals surface area contributed by atoms with Gasteiger partial charge in [0, 0.05) is 6.92 Å². The highest BCUT2D eigenvalue weighted by Crippen LogP contribution is 2.25. The van der Waals surface area contributed by atoms with Crippen molar-refractivity contribution in [2.75, 3.05) is 0 Å². The van der Waals surface area contributed by atoms with Crippen molar-refractivity contribution < 1.29 is 24.0 Å². The molecule has 64 valence electrons. The number of nitrogens with two attached hydrogens (primary N) is 1. The van der Waals surface area contributed by atoms with E-state index in [2.05, 4.69) is 5.73 Å². The predicted octanol–water partition coefficient (Wildman–Crippen LogP) is -0.801. The Morgan fingerprint density at radius 1 is 1.40 bits per heavy atom. The third-order valence-corrected chi connectivity index (χ3v) is 0. The highest BCUT2D eigenvalue weighted by molar-refractivity contribution is 7.45. The van der Waals surface area contributed by atoms with Crippen molar-refractivity contribution in [3.63, 3.8) is 0 Å². The summed E-state index contributed by atoms with van der Waals surface area (Å²) in [5.74, 6) is -0.333. The lowest BCUT2D eigenvalue weighted by atomic mass is 10.8. The van der Waals surface area contributed by atoms with Crippen LogP contribution < -0.4 is 5.73 Å². The van der Waals surface area contributed by atoms with E-state index in [1.807, 2.05) is 0 Å². The molecule has 0 aromatic carbocycles. The van der Waals surface area contributed by atoms with E-state index in [0.717, 1.165) is 0 Å². The van der Waals surface area contributed by atoms with E-state index in [0.29, 0.717) is 0 Å². The van der Waals surface area contributed by atoms with Crippen LogP contribution in [-0.4, -0.2) is 20.6 Å². The van der Waals surface area contributed by atoms with Crippen LogP contribution in [0.15, 0.2) is 0 Å². The molecule has 0 rings (SSSR count). The number of hydrogen-bond acceptors (Lipinski definition) is 2. The molecule has 0 fully saturated rings. The van der Waals surface area contributed by atoms with Gasteiger partial charge in [0.1, 0.15) is 0 Å². The maximum Gasteiger partial charge on any atom is 0.466 e. The van der Waals surface area contributed by atoms with Crippen molar-refractivity contribution in [3.05, 3.63) is 0 Å². The normalized spacial score (nSPS) is 8.40. The standard InChI is InChI=1S/C2H5NO.CH4.H3O4P/c1-2(3)4;;1-5(2,3)4/h1H3,(H2,3,4);1H4;(H3,1,2,3,4). The Labute approximate surface area is 58.9 Å². The van der Waals surface area contributed by atoms with E-state index in [4.69, 9.17) is 19.2 Å². The van der Waals surface area contributed by atoms with E-state index < -0.39 is 7.82 Å². The zero-order valence-electron chi connectivity index (χ0n) is 4.68. The zero-order valence-corrected chi connectivity index (χ0v) is 5.58. The van der Waals surface area contributed by atoms with Gasteiger partial charge in [0.15, 0.2) is 0 Å². The third-order valence-electron chi connectivity index (χ3n) is 0. The lowest BCUT2D eigenvalue weighted by Crippen LogP contribution is -2.01. The number of carbonyl (C=O) groups excluding carboxylic acids is 1. The van der Waals surface area contributed by atoms with Crippen molar-refractivity contribution in [3.8, 4) is 0 Å². The van der Waals surface area contributed by atoms with Crippen LogP contribution in [0.3, 0.4) is 0 Å². The molecule has 0 saturated heterocycles. The molecule has 0 unspecified atom stereocenters. The number of primary amides is 1. The first kappa shape index (κ1) is 16.3. The lowest BCUT2D eigenvalue weighted by Gasteiger charge is -1.82. The van der Waals surface area contributed by atoms with E-state index >= 15 is 0 Å². The molecule has 10 heavy (non-hydrogen) atoms. The summed E-state index contributed by atoms with van der Waals surface area (Å²) < 4.78 is 8.88. The highest BCUT2D eigenvalue weighted by atomic mass is 31.2. The van der Waals surface area contributed by atoms with Crippen LogP contribution in [-0.2, 0) is 9.36 Å². The van der Waals surface area contributed by atoms with Crippen molar-refractivity contribution >= 4 is 13.7 Å². The molecule has 0 aromatic rings. The molecule has 7 heteroatoms. The average Bonchev–Trinajstić information content (AvgIpc) is 1.19. The number of amides is 1. The van der Waals surface area contributed by atoms with Crippen LogP contribution in [0.25, 0.3) is 0 Å². The van der Waals surface area contributed by atoms with Crippen molar-refractivity contribution in [1.29, 1.82) is 0 Å². The first-order chi connectivity index (χ1) is 3.73. The number of carbonyl (C=O) groups is 1. The van der Waals surface area contributed by atoms with Gasteiger partial charge in [-0.2, -0.15) is 0 Å². The Hall–Kier alpha value is -0.420. The van der Waals surface area contributed by atoms with Gasteiger partial charge < -0.3 is 20.4 Å². The van der Waals surface area contributed by atoms with Gasteiger partial charge in [-0.1, -0.05) is 7.43 Å². The molecular formula is C3H12NO5P. The fraction of sp³-hybridized carbons (Fsp3) is 0.667. The summed E-state index contributed by atoms with van der Waals surface area (Å²) in [6.45, 7) is 1.31. The van der Waals surface area contributed by atoms with Crippen LogP contribution in [0, 0.1) is 0 Å². The smallest absolute Gasteiger partial charge is 0.370 e.